The summed E-state index contributed by atoms with van der Waals surface area (Å²) in [4.78, 5) is 26.5. The SMILES string of the molecule is NS(=O)(=O)c1c(S(=O)(=O)NN2CCCC2)ccc(N2CCCC(=O)C2=O)c1-c1nn[nH]n1. The molecule has 32 heavy (non-hydrogen) atoms. The number of amides is 1. The second-order valence-electron chi connectivity index (χ2n) is 7.34. The molecule has 0 unspecified atom stereocenters. The molecule has 16 heteroatoms. The molecule has 2 aliphatic rings. The molecule has 0 bridgehead atoms. The van der Waals surface area contributed by atoms with Crippen LogP contribution in [0.5, 0.6) is 0 Å². The number of anilines is 1. The Bertz CT molecular complexity index is 1270. The third kappa shape index (κ3) is 4.14. The molecule has 0 spiro atoms. The van der Waals surface area contributed by atoms with Crippen molar-refractivity contribution in [2.45, 2.75) is 35.5 Å². The second-order valence-corrected chi connectivity index (χ2v) is 10.5. The highest BCUT2D eigenvalue weighted by atomic mass is 32.2. The lowest BCUT2D eigenvalue weighted by molar-refractivity contribution is -0.137. The number of tetrazole rings is 1. The molecule has 0 saturated carbocycles. The summed E-state index contributed by atoms with van der Waals surface area (Å²) < 4.78 is 51.5. The van der Waals surface area contributed by atoms with E-state index in [0.29, 0.717) is 19.5 Å². The maximum atomic E-state index is 13.1. The summed E-state index contributed by atoms with van der Waals surface area (Å²) in [5.74, 6) is -1.81. The fraction of sp³-hybridized carbons (Fsp3) is 0.438. The summed E-state index contributed by atoms with van der Waals surface area (Å²) in [5, 5.41) is 20.0. The number of rotatable bonds is 6. The first kappa shape index (κ1) is 22.4. The number of hydrogen-bond acceptors (Lipinski definition) is 10. The molecule has 14 nitrogen and oxygen atoms in total. The molecule has 4 N–H and O–H groups in total. The van der Waals surface area contributed by atoms with Gasteiger partial charge in [-0.3, -0.25) is 9.59 Å². The van der Waals surface area contributed by atoms with Gasteiger partial charge in [-0.1, -0.05) is 0 Å². The Hall–Kier alpha value is -2.79. The molecule has 2 aromatic rings. The summed E-state index contributed by atoms with van der Waals surface area (Å²) in [6.07, 6.45) is 1.96. The van der Waals surface area contributed by atoms with E-state index in [2.05, 4.69) is 25.5 Å². The van der Waals surface area contributed by atoms with E-state index in [1.807, 2.05) is 0 Å². The number of carbonyl (C=O) groups excluding carboxylic acids is 2. The molecule has 1 aromatic heterocycles. The van der Waals surface area contributed by atoms with Gasteiger partial charge in [0.15, 0.2) is 0 Å². The highest BCUT2D eigenvalue weighted by Crippen LogP contribution is 2.39. The van der Waals surface area contributed by atoms with Gasteiger partial charge in [-0.15, -0.1) is 15.0 Å². The Morgan fingerprint density at radius 3 is 2.38 bits per heavy atom. The van der Waals surface area contributed by atoms with Crippen molar-refractivity contribution >= 4 is 37.4 Å². The van der Waals surface area contributed by atoms with Crippen LogP contribution in [0.3, 0.4) is 0 Å². The van der Waals surface area contributed by atoms with Crippen LogP contribution >= 0.6 is 0 Å². The molecule has 4 rings (SSSR count). The minimum absolute atomic E-state index is 0.0567. The van der Waals surface area contributed by atoms with E-state index in [-0.39, 0.29) is 30.0 Å². The van der Waals surface area contributed by atoms with Crippen molar-refractivity contribution in [3.05, 3.63) is 12.1 Å². The molecule has 0 atom stereocenters. The standard InChI is InChI=1S/C16H20N8O6S2/c17-31(27,28)14-12(32(29,30)22-23-7-1-2-8-23)6-5-10(13(14)15-18-20-21-19-15)24-9-3-4-11(25)16(24)26/h5-6,22H,1-4,7-9H2,(H2,17,27,28)(H,18,19,20,21). The van der Waals surface area contributed by atoms with Crippen molar-refractivity contribution in [3.8, 4) is 11.4 Å². The number of aromatic amines is 1. The largest absolute Gasteiger partial charge is 0.305 e. The van der Waals surface area contributed by atoms with E-state index < -0.39 is 41.5 Å². The van der Waals surface area contributed by atoms with E-state index in [1.54, 1.807) is 0 Å². The lowest BCUT2D eigenvalue weighted by atomic mass is 10.1. The summed E-state index contributed by atoms with van der Waals surface area (Å²) in [6, 6.07) is 2.26. The number of nitrogens with two attached hydrogens (primary N) is 1. The maximum Gasteiger partial charge on any atom is 0.294 e. The third-order valence-corrected chi connectivity index (χ3v) is 7.70. The molecule has 2 aliphatic heterocycles. The minimum atomic E-state index is -4.68. The highest BCUT2D eigenvalue weighted by Gasteiger charge is 2.37. The average Bonchev–Trinajstić information content (AvgIpc) is 3.42. The van der Waals surface area contributed by atoms with E-state index in [9.17, 15) is 26.4 Å². The smallest absolute Gasteiger partial charge is 0.294 e. The number of nitrogens with zero attached hydrogens (tertiary/aromatic N) is 5. The molecule has 0 radical (unpaired) electrons. The Kier molecular flexibility index (Phi) is 5.80. The highest BCUT2D eigenvalue weighted by molar-refractivity contribution is 7.92. The van der Waals surface area contributed by atoms with E-state index in [4.69, 9.17) is 5.14 Å². The van der Waals surface area contributed by atoms with E-state index in [0.717, 1.165) is 23.8 Å². The summed E-state index contributed by atoms with van der Waals surface area (Å²) in [6.45, 7) is 1.03. The quantitative estimate of drug-likeness (QED) is 0.405. The van der Waals surface area contributed by atoms with Crippen LogP contribution in [-0.4, -0.2) is 73.8 Å². The van der Waals surface area contributed by atoms with Crippen molar-refractivity contribution in [1.82, 2.24) is 30.5 Å². The zero-order valence-corrected chi connectivity index (χ0v) is 18.3. The number of benzene rings is 1. The molecule has 2 saturated heterocycles. The lowest BCUT2D eigenvalue weighted by Crippen LogP contribution is -2.42. The predicted octanol–water partition coefficient (Wildman–Crippen LogP) is -1.50. The first-order valence-electron chi connectivity index (χ1n) is 9.65. The number of Topliss-reactive ketones (excluding diaryl/α,β-unsaturated/α-hetero) is 1. The van der Waals surface area contributed by atoms with Crippen molar-refractivity contribution in [2.75, 3.05) is 24.5 Å². The number of piperidine rings is 1. The fourth-order valence-corrected chi connectivity index (χ4v) is 6.49. The molecule has 1 amide bonds. The van der Waals surface area contributed by atoms with Crippen LogP contribution in [0.15, 0.2) is 21.9 Å². The zero-order valence-electron chi connectivity index (χ0n) is 16.7. The van der Waals surface area contributed by atoms with Gasteiger partial charge in [0.05, 0.1) is 11.3 Å². The Morgan fingerprint density at radius 2 is 1.75 bits per heavy atom. The first-order chi connectivity index (χ1) is 15.1. The monoisotopic (exact) mass is 484 g/mol. The van der Waals surface area contributed by atoms with Crippen LogP contribution in [0.25, 0.3) is 11.4 Å². The topological polar surface area (TPSA) is 201 Å². The summed E-state index contributed by atoms with van der Waals surface area (Å²) >= 11 is 0. The minimum Gasteiger partial charge on any atom is -0.305 e. The van der Waals surface area contributed by atoms with Gasteiger partial charge in [-0.2, -0.15) is 5.21 Å². The fourth-order valence-electron chi connectivity index (χ4n) is 3.77. The van der Waals surface area contributed by atoms with Gasteiger partial charge in [0.2, 0.25) is 21.6 Å². The Morgan fingerprint density at radius 1 is 1.03 bits per heavy atom. The summed E-state index contributed by atoms with van der Waals surface area (Å²) in [7, 11) is -9.06. The molecular weight excluding hydrogens is 464 g/mol. The number of carbonyl (C=O) groups is 2. The molecule has 1 aromatic carbocycles. The molecule has 3 heterocycles. The molecule has 0 aliphatic carbocycles. The van der Waals surface area contributed by atoms with Crippen molar-refractivity contribution < 1.29 is 26.4 Å². The Balaban J connectivity index is 1.97. The number of aromatic nitrogens is 4. The van der Waals surface area contributed by atoms with Crippen molar-refractivity contribution in [3.63, 3.8) is 0 Å². The van der Waals surface area contributed by atoms with Crippen LogP contribution in [0.4, 0.5) is 5.69 Å². The maximum absolute atomic E-state index is 13.1. The zero-order chi connectivity index (χ0) is 23.1. The van der Waals surface area contributed by atoms with E-state index >= 15 is 0 Å². The van der Waals surface area contributed by atoms with Crippen LogP contribution in [0.2, 0.25) is 0 Å². The number of hydrogen-bond donors (Lipinski definition) is 3. The number of H-pyrrole nitrogens is 1. The number of hydrazine groups is 1. The molecule has 2 fully saturated rings. The number of ketones is 1. The second kappa shape index (κ2) is 8.28. The van der Waals surface area contributed by atoms with Gasteiger partial charge in [0, 0.05) is 26.1 Å². The molecule has 172 valence electrons. The number of nitrogens with one attached hydrogen (secondary N) is 2. The predicted molar refractivity (Wildman–Crippen MR) is 109 cm³/mol. The first-order valence-corrected chi connectivity index (χ1v) is 12.7. The van der Waals surface area contributed by atoms with Gasteiger partial charge in [-0.25, -0.2) is 27.0 Å². The van der Waals surface area contributed by atoms with Gasteiger partial charge in [0.25, 0.3) is 15.9 Å². The van der Waals surface area contributed by atoms with E-state index in [1.165, 1.54) is 11.1 Å². The van der Waals surface area contributed by atoms with Crippen LogP contribution in [0.1, 0.15) is 25.7 Å². The van der Waals surface area contributed by atoms with Crippen molar-refractivity contribution in [1.29, 1.82) is 0 Å². The van der Waals surface area contributed by atoms with Crippen LogP contribution in [0, 0.1) is 0 Å². The van der Waals surface area contributed by atoms with Crippen LogP contribution < -0.4 is 14.9 Å². The normalized spacial score (nSPS) is 18.5. The van der Waals surface area contributed by atoms with Crippen LogP contribution in [-0.2, 0) is 29.6 Å². The van der Waals surface area contributed by atoms with Crippen molar-refractivity contribution in [2.24, 2.45) is 5.14 Å². The van der Waals surface area contributed by atoms with Gasteiger partial charge in [0.1, 0.15) is 9.79 Å². The number of primary sulfonamides is 1. The average molecular weight is 485 g/mol. The van der Waals surface area contributed by atoms with Gasteiger partial charge >= 0.3 is 0 Å². The molecular formula is C16H20N8O6S2. The number of sulfonamides is 2. The summed E-state index contributed by atoms with van der Waals surface area (Å²) in [5.41, 5.74) is -0.401. The third-order valence-electron chi connectivity index (χ3n) is 5.16. The lowest BCUT2D eigenvalue weighted by Gasteiger charge is -2.28. The van der Waals surface area contributed by atoms with Gasteiger partial charge in [-0.05, 0) is 36.6 Å². The van der Waals surface area contributed by atoms with Gasteiger partial charge < -0.3 is 4.90 Å². The Labute approximate surface area is 183 Å².